The van der Waals surface area contributed by atoms with Crippen LogP contribution in [-0.2, 0) is 11.8 Å². The molecule has 13 heavy (non-hydrogen) atoms. The van der Waals surface area contributed by atoms with E-state index < -0.39 is 0 Å². The maximum atomic E-state index is 5.69. The summed E-state index contributed by atoms with van der Waals surface area (Å²) in [4.78, 5) is 0. The van der Waals surface area contributed by atoms with Crippen molar-refractivity contribution in [3.63, 3.8) is 0 Å². The first-order valence-electron chi connectivity index (χ1n) is 4.89. The molecule has 0 fully saturated rings. The molecule has 0 aliphatic heterocycles. The van der Waals surface area contributed by atoms with Gasteiger partial charge in [0, 0.05) is 11.8 Å². The lowest BCUT2D eigenvalue weighted by atomic mass is 9.87. The molecule has 1 aromatic heterocycles. The monoisotopic (exact) mass is 181 g/mol. The molecule has 0 saturated heterocycles. The molecular formula is C11H19NO. The molecule has 0 aliphatic rings. The predicted octanol–water partition coefficient (Wildman–Crippen LogP) is 2.47. The minimum absolute atomic E-state index is 0.0716. The van der Waals surface area contributed by atoms with Crippen LogP contribution < -0.4 is 5.73 Å². The summed E-state index contributed by atoms with van der Waals surface area (Å²) in [6.45, 7) is 7.13. The lowest BCUT2D eigenvalue weighted by molar-refractivity contribution is 0.354. The summed E-state index contributed by atoms with van der Waals surface area (Å²) in [5, 5.41) is 0. The van der Waals surface area contributed by atoms with E-state index in [9.17, 15) is 0 Å². The lowest BCUT2D eigenvalue weighted by Crippen LogP contribution is -2.20. The van der Waals surface area contributed by atoms with Gasteiger partial charge in [0.2, 0.25) is 0 Å². The van der Waals surface area contributed by atoms with E-state index in [0.717, 1.165) is 24.4 Å². The van der Waals surface area contributed by atoms with E-state index in [1.807, 2.05) is 6.07 Å². The van der Waals surface area contributed by atoms with Crippen molar-refractivity contribution in [1.29, 1.82) is 0 Å². The first-order chi connectivity index (χ1) is 6.10. The van der Waals surface area contributed by atoms with Gasteiger partial charge in [-0.25, -0.2) is 0 Å². The van der Waals surface area contributed by atoms with Crippen molar-refractivity contribution in [3.8, 4) is 0 Å². The van der Waals surface area contributed by atoms with Gasteiger partial charge in [-0.2, -0.15) is 0 Å². The number of hydrogen-bond acceptors (Lipinski definition) is 2. The molecule has 0 saturated carbocycles. The second-order valence-electron chi connectivity index (χ2n) is 4.04. The fourth-order valence-electron chi connectivity index (χ4n) is 1.42. The van der Waals surface area contributed by atoms with Crippen LogP contribution in [0.15, 0.2) is 16.5 Å². The number of rotatable bonds is 4. The van der Waals surface area contributed by atoms with Gasteiger partial charge < -0.3 is 10.2 Å². The maximum Gasteiger partial charge on any atom is 0.109 e. The van der Waals surface area contributed by atoms with Crippen molar-refractivity contribution in [2.75, 3.05) is 6.54 Å². The van der Waals surface area contributed by atoms with E-state index >= 15 is 0 Å². The average Bonchev–Trinajstić information content (AvgIpc) is 2.52. The van der Waals surface area contributed by atoms with Gasteiger partial charge in [0.25, 0.3) is 0 Å². The molecule has 0 radical (unpaired) electrons. The lowest BCUT2D eigenvalue weighted by Gasteiger charge is -2.20. The van der Waals surface area contributed by atoms with E-state index in [-0.39, 0.29) is 5.41 Å². The molecule has 0 aromatic carbocycles. The van der Waals surface area contributed by atoms with Crippen molar-refractivity contribution in [2.24, 2.45) is 5.73 Å². The van der Waals surface area contributed by atoms with Crippen LogP contribution in [0.2, 0.25) is 0 Å². The molecule has 0 aliphatic carbocycles. The summed E-state index contributed by atoms with van der Waals surface area (Å²) in [7, 11) is 0. The zero-order valence-electron chi connectivity index (χ0n) is 8.76. The van der Waals surface area contributed by atoms with Crippen molar-refractivity contribution in [1.82, 2.24) is 0 Å². The molecule has 0 bridgehead atoms. The third-order valence-corrected chi connectivity index (χ3v) is 2.45. The highest BCUT2D eigenvalue weighted by Crippen LogP contribution is 2.28. The summed E-state index contributed by atoms with van der Waals surface area (Å²) in [5.41, 5.74) is 5.62. The van der Waals surface area contributed by atoms with Crippen LogP contribution in [0, 0.1) is 0 Å². The fraction of sp³-hybridized carbons (Fsp3) is 0.636. The Kier molecular flexibility index (Phi) is 3.15. The van der Waals surface area contributed by atoms with Crippen molar-refractivity contribution in [2.45, 2.75) is 39.0 Å². The van der Waals surface area contributed by atoms with Crippen LogP contribution in [0.25, 0.3) is 0 Å². The highest BCUT2D eigenvalue weighted by molar-refractivity contribution is 5.15. The second kappa shape index (κ2) is 3.97. The van der Waals surface area contributed by atoms with Crippen LogP contribution in [0.1, 0.15) is 38.7 Å². The highest BCUT2D eigenvalue weighted by atomic mass is 16.3. The molecule has 2 nitrogen and oxygen atoms in total. The summed E-state index contributed by atoms with van der Waals surface area (Å²) >= 11 is 0. The Labute approximate surface area is 80.1 Å². The molecule has 0 atom stereocenters. The summed E-state index contributed by atoms with van der Waals surface area (Å²) < 4.78 is 5.69. The number of hydrogen-bond donors (Lipinski definition) is 1. The molecule has 1 heterocycles. The molecular weight excluding hydrogens is 162 g/mol. The third kappa shape index (κ3) is 2.34. The van der Waals surface area contributed by atoms with Crippen LogP contribution in [0.5, 0.6) is 0 Å². The minimum atomic E-state index is 0.0716. The Morgan fingerprint density at radius 1 is 1.38 bits per heavy atom. The number of furan rings is 1. The van der Waals surface area contributed by atoms with Crippen LogP contribution in [0.3, 0.4) is 0 Å². The first kappa shape index (κ1) is 10.3. The van der Waals surface area contributed by atoms with E-state index in [1.165, 1.54) is 0 Å². The molecule has 2 N–H and O–H groups in total. The highest BCUT2D eigenvalue weighted by Gasteiger charge is 2.23. The first-order valence-corrected chi connectivity index (χ1v) is 4.89. The van der Waals surface area contributed by atoms with Gasteiger partial charge >= 0.3 is 0 Å². The van der Waals surface area contributed by atoms with Crippen molar-refractivity contribution in [3.05, 3.63) is 23.7 Å². The third-order valence-electron chi connectivity index (χ3n) is 2.45. The van der Waals surface area contributed by atoms with Gasteiger partial charge in [0.15, 0.2) is 0 Å². The Hall–Kier alpha value is -0.760. The molecule has 1 aromatic rings. The summed E-state index contributed by atoms with van der Waals surface area (Å²) in [5.74, 6) is 2.11. The zero-order valence-corrected chi connectivity index (χ0v) is 8.76. The van der Waals surface area contributed by atoms with Crippen molar-refractivity contribution < 1.29 is 4.42 Å². The fourth-order valence-corrected chi connectivity index (χ4v) is 1.42. The van der Waals surface area contributed by atoms with Gasteiger partial charge in [-0.15, -0.1) is 0 Å². The molecule has 2 heteroatoms. The van der Waals surface area contributed by atoms with Gasteiger partial charge in [0.05, 0.1) is 0 Å². The second-order valence-corrected chi connectivity index (χ2v) is 4.04. The van der Waals surface area contributed by atoms with Gasteiger partial charge in [0.1, 0.15) is 11.5 Å². The number of aryl methyl sites for hydroxylation is 1. The standard InChI is InChI=1S/C11H19NO/c1-4-9-5-6-10(13-9)11(2,3)7-8-12/h5-6H,4,7-8,12H2,1-3H3. The molecule has 74 valence electrons. The number of nitrogens with two attached hydrogens (primary N) is 1. The molecule has 1 rings (SSSR count). The summed E-state index contributed by atoms with van der Waals surface area (Å²) in [6, 6.07) is 4.11. The Morgan fingerprint density at radius 2 is 2.08 bits per heavy atom. The van der Waals surface area contributed by atoms with Gasteiger partial charge in [-0.1, -0.05) is 20.8 Å². The van der Waals surface area contributed by atoms with Gasteiger partial charge in [-0.3, -0.25) is 0 Å². The Bertz CT molecular complexity index is 263. The topological polar surface area (TPSA) is 39.2 Å². The maximum absolute atomic E-state index is 5.69. The molecule has 0 amide bonds. The summed E-state index contributed by atoms with van der Waals surface area (Å²) in [6.07, 6.45) is 1.92. The van der Waals surface area contributed by atoms with Crippen molar-refractivity contribution >= 4 is 0 Å². The predicted molar refractivity (Wildman–Crippen MR) is 54.8 cm³/mol. The van der Waals surface area contributed by atoms with Gasteiger partial charge in [-0.05, 0) is 25.1 Å². The smallest absolute Gasteiger partial charge is 0.109 e. The quantitative estimate of drug-likeness (QED) is 0.775. The molecule has 0 spiro atoms. The van der Waals surface area contributed by atoms with E-state index in [2.05, 4.69) is 26.8 Å². The molecule has 0 unspecified atom stereocenters. The van der Waals surface area contributed by atoms with E-state index in [1.54, 1.807) is 0 Å². The van der Waals surface area contributed by atoms with E-state index in [0.29, 0.717) is 6.54 Å². The zero-order chi connectivity index (χ0) is 9.90. The Balaban J connectivity index is 2.80. The SMILES string of the molecule is CCc1ccc(C(C)(C)CCN)o1. The normalized spacial score (nSPS) is 12.0. The van der Waals surface area contributed by atoms with E-state index in [4.69, 9.17) is 10.2 Å². The van der Waals surface area contributed by atoms with Crippen LogP contribution in [-0.4, -0.2) is 6.54 Å². The Morgan fingerprint density at radius 3 is 2.54 bits per heavy atom. The van der Waals surface area contributed by atoms with Crippen LogP contribution >= 0.6 is 0 Å². The average molecular weight is 181 g/mol. The minimum Gasteiger partial charge on any atom is -0.466 e. The van der Waals surface area contributed by atoms with Crippen LogP contribution in [0.4, 0.5) is 0 Å². The largest absolute Gasteiger partial charge is 0.466 e.